The van der Waals surface area contributed by atoms with E-state index in [1.165, 1.54) is 0 Å². The van der Waals surface area contributed by atoms with Crippen molar-refractivity contribution in [3.8, 4) is 5.75 Å². The van der Waals surface area contributed by atoms with Gasteiger partial charge in [-0.15, -0.1) is 11.6 Å². The summed E-state index contributed by atoms with van der Waals surface area (Å²) in [6.45, 7) is 7.40. The van der Waals surface area contributed by atoms with Gasteiger partial charge in [0.15, 0.2) is 0 Å². The number of aromatic nitrogens is 2. The van der Waals surface area contributed by atoms with E-state index in [0.717, 1.165) is 42.0 Å². The van der Waals surface area contributed by atoms with Crippen molar-refractivity contribution in [2.75, 3.05) is 7.11 Å². The lowest BCUT2D eigenvalue weighted by Gasteiger charge is -2.17. The number of alkyl halides is 1. The quantitative estimate of drug-likeness (QED) is 0.717. The first kappa shape index (κ1) is 15.2. The van der Waals surface area contributed by atoms with Gasteiger partial charge in [0, 0.05) is 6.54 Å². The molecule has 0 aliphatic heterocycles. The maximum Gasteiger partial charge on any atom is 0.146 e. The van der Waals surface area contributed by atoms with E-state index in [1.807, 2.05) is 19.1 Å². The van der Waals surface area contributed by atoms with Gasteiger partial charge in [-0.25, -0.2) is 4.98 Å². The molecular weight excluding hydrogens is 272 g/mol. The van der Waals surface area contributed by atoms with Crippen LogP contribution in [0.15, 0.2) is 18.2 Å². The molecule has 110 valence electrons. The number of ether oxygens (including phenoxy) is 1. The van der Waals surface area contributed by atoms with Crippen molar-refractivity contribution < 1.29 is 4.74 Å². The van der Waals surface area contributed by atoms with Crippen LogP contribution in [-0.2, 0) is 6.54 Å². The minimum Gasteiger partial charge on any atom is -0.494 e. The fraction of sp³-hybridized carbons (Fsp3) is 0.562. The lowest BCUT2D eigenvalue weighted by molar-refractivity contribution is 0.416. The maximum atomic E-state index is 6.32. The van der Waals surface area contributed by atoms with E-state index in [9.17, 15) is 0 Å². The number of hydrogen-bond donors (Lipinski definition) is 0. The van der Waals surface area contributed by atoms with Crippen LogP contribution in [0.2, 0.25) is 0 Å². The van der Waals surface area contributed by atoms with E-state index in [0.29, 0.717) is 5.92 Å². The van der Waals surface area contributed by atoms with Crippen LogP contribution >= 0.6 is 11.6 Å². The molecule has 3 nitrogen and oxygen atoms in total. The van der Waals surface area contributed by atoms with Crippen LogP contribution in [0, 0.1) is 5.92 Å². The number of fused-ring (bicyclic) bond motifs is 1. The SMILES string of the molecule is CCC(CC)Cn1c(C(C)Cl)nc2c(OC)cccc21. The minimum atomic E-state index is -0.110. The number of methoxy groups -OCH3 is 1. The molecule has 1 aromatic carbocycles. The second-order valence-electron chi connectivity index (χ2n) is 5.21. The Kier molecular flexibility index (Phi) is 4.92. The molecule has 1 heterocycles. The van der Waals surface area contributed by atoms with E-state index in [-0.39, 0.29) is 5.38 Å². The maximum absolute atomic E-state index is 6.32. The first-order valence-electron chi connectivity index (χ1n) is 7.29. The van der Waals surface area contributed by atoms with Crippen molar-refractivity contribution in [3.05, 3.63) is 24.0 Å². The van der Waals surface area contributed by atoms with Crippen LogP contribution in [0.3, 0.4) is 0 Å². The van der Waals surface area contributed by atoms with Crippen LogP contribution in [0.5, 0.6) is 5.75 Å². The Morgan fingerprint density at radius 1 is 1.30 bits per heavy atom. The van der Waals surface area contributed by atoms with Gasteiger partial charge in [-0.05, 0) is 25.0 Å². The normalized spacial score (nSPS) is 13.1. The van der Waals surface area contributed by atoms with Gasteiger partial charge in [-0.3, -0.25) is 0 Å². The highest BCUT2D eigenvalue weighted by Crippen LogP contribution is 2.31. The highest BCUT2D eigenvalue weighted by molar-refractivity contribution is 6.20. The lowest BCUT2D eigenvalue weighted by Crippen LogP contribution is -2.12. The number of hydrogen-bond acceptors (Lipinski definition) is 2. The smallest absolute Gasteiger partial charge is 0.146 e. The molecule has 0 spiro atoms. The largest absolute Gasteiger partial charge is 0.494 e. The zero-order chi connectivity index (χ0) is 14.7. The van der Waals surface area contributed by atoms with E-state index < -0.39 is 0 Å². The van der Waals surface area contributed by atoms with Crippen molar-refractivity contribution in [2.24, 2.45) is 5.92 Å². The second-order valence-corrected chi connectivity index (χ2v) is 5.86. The van der Waals surface area contributed by atoms with Crippen molar-refractivity contribution in [1.29, 1.82) is 0 Å². The number of benzene rings is 1. The van der Waals surface area contributed by atoms with Gasteiger partial charge in [0.2, 0.25) is 0 Å². The third kappa shape index (κ3) is 2.78. The van der Waals surface area contributed by atoms with Gasteiger partial charge >= 0.3 is 0 Å². The Morgan fingerprint density at radius 2 is 2.00 bits per heavy atom. The molecule has 0 aliphatic carbocycles. The van der Waals surface area contributed by atoms with Crippen LogP contribution in [0.1, 0.15) is 44.8 Å². The molecule has 0 bridgehead atoms. The molecule has 0 aliphatic rings. The van der Waals surface area contributed by atoms with Crippen molar-refractivity contribution in [2.45, 2.75) is 45.5 Å². The van der Waals surface area contributed by atoms with Gasteiger partial charge in [0.05, 0.1) is 18.0 Å². The fourth-order valence-corrected chi connectivity index (χ4v) is 2.77. The van der Waals surface area contributed by atoms with Gasteiger partial charge < -0.3 is 9.30 Å². The predicted molar refractivity (Wildman–Crippen MR) is 84.6 cm³/mol. The average Bonchev–Trinajstić information content (AvgIpc) is 2.83. The lowest BCUT2D eigenvalue weighted by atomic mass is 10.0. The first-order valence-corrected chi connectivity index (χ1v) is 7.73. The number of para-hydroxylation sites is 1. The summed E-state index contributed by atoms with van der Waals surface area (Å²) >= 11 is 6.32. The van der Waals surface area contributed by atoms with Crippen LogP contribution < -0.4 is 4.74 Å². The molecule has 0 fully saturated rings. The summed E-state index contributed by atoms with van der Waals surface area (Å²) in [5.74, 6) is 2.38. The van der Waals surface area contributed by atoms with Crippen LogP contribution in [0.25, 0.3) is 11.0 Å². The van der Waals surface area contributed by atoms with Gasteiger partial charge in [-0.2, -0.15) is 0 Å². The number of rotatable bonds is 6. The Bertz CT molecular complexity index is 573. The highest BCUT2D eigenvalue weighted by Gasteiger charge is 2.19. The molecular formula is C16H23ClN2O. The average molecular weight is 295 g/mol. The Hall–Kier alpha value is -1.22. The standard InChI is InChI=1S/C16H23ClN2O/c1-5-12(6-2)10-19-13-8-7-9-14(20-4)15(13)18-16(19)11(3)17/h7-9,11-12H,5-6,10H2,1-4H3. The fourth-order valence-electron chi connectivity index (χ4n) is 2.60. The van der Waals surface area contributed by atoms with E-state index in [2.05, 4.69) is 24.5 Å². The van der Waals surface area contributed by atoms with E-state index in [4.69, 9.17) is 21.3 Å². The predicted octanol–water partition coefficient (Wildman–Crippen LogP) is 4.78. The van der Waals surface area contributed by atoms with Crippen molar-refractivity contribution in [1.82, 2.24) is 9.55 Å². The van der Waals surface area contributed by atoms with Crippen LogP contribution in [0.4, 0.5) is 0 Å². The second kappa shape index (κ2) is 6.49. The summed E-state index contributed by atoms with van der Waals surface area (Å²) in [7, 11) is 1.68. The third-order valence-corrected chi connectivity index (χ3v) is 4.14. The zero-order valence-corrected chi connectivity index (χ0v) is 13.4. The summed E-state index contributed by atoms with van der Waals surface area (Å²) in [5.41, 5.74) is 2.02. The third-order valence-electron chi connectivity index (χ3n) is 3.94. The Morgan fingerprint density at radius 3 is 2.55 bits per heavy atom. The number of imidazole rings is 1. The summed E-state index contributed by atoms with van der Waals surface area (Å²) in [4.78, 5) is 4.71. The number of halogens is 1. The molecule has 20 heavy (non-hydrogen) atoms. The molecule has 2 rings (SSSR count). The summed E-state index contributed by atoms with van der Waals surface area (Å²) < 4.78 is 7.67. The van der Waals surface area contributed by atoms with Gasteiger partial charge in [-0.1, -0.05) is 32.8 Å². The molecule has 0 amide bonds. The van der Waals surface area contributed by atoms with E-state index >= 15 is 0 Å². The van der Waals surface area contributed by atoms with Gasteiger partial charge in [0.25, 0.3) is 0 Å². The molecule has 0 saturated carbocycles. The summed E-state index contributed by atoms with van der Waals surface area (Å²) in [6, 6.07) is 6.05. The van der Waals surface area contributed by atoms with Crippen LogP contribution in [-0.4, -0.2) is 16.7 Å². The van der Waals surface area contributed by atoms with Crippen molar-refractivity contribution >= 4 is 22.6 Å². The molecule has 0 N–H and O–H groups in total. The Labute approximate surface area is 125 Å². The highest BCUT2D eigenvalue weighted by atomic mass is 35.5. The summed E-state index contributed by atoms with van der Waals surface area (Å²) in [5, 5.41) is -0.110. The molecule has 1 aromatic heterocycles. The first-order chi connectivity index (χ1) is 9.62. The molecule has 2 aromatic rings. The molecule has 0 radical (unpaired) electrons. The molecule has 4 heteroatoms. The number of nitrogens with zero attached hydrogens (tertiary/aromatic N) is 2. The monoisotopic (exact) mass is 294 g/mol. The zero-order valence-electron chi connectivity index (χ0n) is 12.7. The van der Waals surface area contributed by atoms with Crippen molar-refractivity contribution in [3.63, 3.8) is 0 Å². The minimum absolute atomic E-state index is 0.110. The Balaban J connectivity index is 2.57. The van der Waals surface area contributed by atoms with E-state index in [1.54, 1.807) is 7.11 Å². The molecule has 1 atom stereocenters. The molecule has 0 saturated heterocycles. The summed E-state index contributed by atoms with van der Waals surface area (Å²) in [6.07, 6.45) is 2.33. The topological polar surface area (TPSA) is 27.1 Å². The molecule has 1 unspecified atom stereocenters. The van der Waals surface area contributed by atoms with Gasteiger partial charge in [0.1, 0.15) is 17.1 Å².